The molecule has 0 fully saturated rings. The van der Waals surface area contributed by atoms with Crippen molar-refractivity contribution < 1.29 is 23.6 Å². The van der Waals surface area contributed by atoms with E-state index < -0.39 is 17.7 Å². The van der Waals surface area contributed by atoms with E-state index in [9.17, 15) is 14.7 Å². The van der Waals surface area contributed by atoms with Gasteiger partial charge in [-0.2, -0.15) is 4.98 Å². The van der Waals surface area contributed by atoms with Gasteiger partial charge in [0.05, 0.1) is 12.5 Å². The minimum atomic E-state index is -1.10. The lowest BCUT2D eigenvalue weighted by Crippen LogP contribution is -2.20. The highest BCUT2D eigenvalue weighted by molar-refractivity contribution is 5.96. The zero-order valence-corrected chi connectivity index (χ0v) is 21.9. The number of carboxylic acids is 1. The number of hydrogen-bond donors (Lipinski definition) is 1. The highest BCUT2D eigenvalue weighted by atomic mass is 16.5. The molecular formula is C32H25N3O5. The lowest BCUT2D eigenvalue weighted by molar-refractivity contribution is -0.141. The van der Waals surface area contributed by atoms with E-state index in [-0.39, 0.29) is 30.1 Å². The van der Waals surface area contributed by atoms with Gasteiger partial charge in [0.25, 0.3) is 5.89 Å². The fourth-order valence-corrected chi connectivity index (χ4v) is 4.35. The van der Waals surface area contributed by atoms with E-state index in [0.29, 0.717) is 22.8 Å². The number of carboxylic acid groups (broad SMARTS) is 1. The van der Waals surface area contributed by atoms with Crippen LogP contribution in [0.4, 0.5) is 5.69 Å². The molecule has 0 aliphatic rings. The number of carbonyl (C=O) groups excluding carboxylic acids is 1. The van der Waals surface area contributed by atoms with Crippen LogP contribution < -0.4 is 0 Å². The van der Waals surface area contributed by atoms with Crippen molar-refractivity contribution in [3.8, 4) is 34.2 Å². The predicted molar refractivity (Wildman–Crippen MR) is 149 cm³/mol. The smallest absolute Gasteiger partial charge is 0.307 e. The fraction of sp³-hybridized carbons (Fsp3) is 0.156. The molecule has 2 aromatic heterocycles. The minimum Gasteiger partial charge on any atom is -0.481 e. The molecule has 0 bridgehead atoms. The number of rotatable bonds is 9. The van der Waals surface area contributed by atoms with Gasteiger partial charge in [0.1, 0.15) is 5.76 Å². The van der Waals surface area contributed by atoms with Crippen LogP contribution in [0.2, 0.25) is 0 Å². The van der Waals surface area contributed by atoms with Crippen molar-refractivity contribution in [2.45, 2.75) is 26.7 Å². The van der Waals surface area contributed by atoms with Crippen LogP contribution in [0.1, 0.15) is 33.7 Å². The van der Waals surface area contributed by atoms with E-state index in [2.05, 4.69) is 15.0 Å². The van der Waals surface area contributed by atoms with Crippen LogP contribution in [0.25, 0.3) is 39.0 Å². The molecule has 198 valence electrons. The number of aryl methyl sites for hydroxylation is 2. The molecule has 2 heterocycles. The number of Topliss-reactive ketones (excluding diaryl/α,β-unsaturated/α-hetero) is 1. The maximum absolute atomic E-state index is 12.9. The molecule has 1 unspecified atom stereocenters. The zero-order valence-electron chi connectivity index (χ0n) is 21.9. The van der Waals surface area contributed by atoms with Crippen LogP contribution in [-0.2, 0) is 11.2 Å². The molecule has 5 rings (SSSR count). The Labute approximate surface area is 230 Å². The normalized spacial score (nSPS) is 11.6. The van der Waals surface area contributed by atoms with Crippen molar-refractivity contribution in [3.05, 3.63) is 113 Å². The molecule has 8 nitrogen and oxygen atoms in total. The van der Waals surface area contributed by atoms with Crippen molar-refractivity contribution >= 4 is 17.4 Å². The molecule has 5 aromatic rings. The van der Waals surface area contributed by atoms with Crippen molar-refractivity contribution in [2.24, 2.45) is 5.92 Å². The highest BCUT2D eigenvalue weighted by Gasteiger charge is 2.25. The van der Waals surface area contributed by atoms with E-state index in [0.717, 1.165) is 22.3 Å². The van der Waals surface area contributed by atoms with Gasteiger partial charge in [0.15, 0.2) is 23.1 Å². The summed E-state index contributed by atoms with van der Waals surface area (Å²) in [5, 5.41) is 13.9. The Bertz CT molecular complexity index is 1720. The Balaban J connectivity index is 1.31. The summed E-state index contributed by atoms with van der Waals surface area (Å²) in [5.41, 5.74) is 5.15. The molecule has 3 aromatic carbocycles. The average Bonchev–Trinajstić information content (AvgIpc) is 3.64. The Morgan fingerprint density at radius 3 is 2.25 bits per heavy atom. The van der Waals surface area contributed by atoms with Crippen molar-refractivity contribution in [1.29, 1.82) is 0 Å². The van der Waals surface area contributed by atoms with Crippen LogP contribution in [0.3, 0.4) is 0 Å². The highest BCUT2D eigenvalue weighted by Crippen LogP contribution is 2.32. The third kappa shape index (κ3) is 5.74. The second-order valence-electron chi connectivity index (χ2n) is 9.65. The van der Waals surface area contributed by atoms with Gasteiger partial charge in [-0.15, -0.1) is 0 Å². The van der Waals surface area contributed by atoms with Gasteiger partial charge in [-0.1, -0.05) is 76.4 Å². The molecule has 0 amide bonds. The Morgan fingerprint density at radius 2 is 1.60 bits per heavy atom. The number of aliphatic carboxylic acids is 1. The summed E-state index contributed by atoms with van der Waals surface area (Å²) in [6, 6.07) is 23.6. The van der Waals surface area contributed by atoms with Crippen LogP contribution in [0, 0.1) is 26.3 Å². The first-order valence-corrected chi connectivity index (χ1v) is 12.6. The number of nitrogens with zero attached hydrogens (tertiary/aromatic N) is 3. The number of ketones is 1. The standard InChI is InChI=1S/C32H25N3O5/c1-19-4-9-22(10-5-19)28-14-15-29(39-28)27(36)18-24(32(37)38)16-21-8-13-25(26(17-21)33-3)30-34-31(40-35-30)23-11-6-20(2)7-12-23/h4-15,17,24H,16,18H2,1-2H3,(H,37,38). The van der Waals surface area contributed by atoms with Gasteiger partial charge >= 0.3 is 5.97 Å². The van der Waals surface area contributed by atoms with Crippen molar-refractivity contribution in [2.75, 3.05) is 0 Å². The summed E-state index contributed by atoms with van der Waals surface area (Å²) in [6.45, 7) is 11.6. The van der Waals surface area contributed by atoms with Gasteiger partial charge in [0.2, 0.25) is 0 Å². The third-order valence-electron chi connectivity index (χ3n) is 6.63. The maximum atomic E-state index is 12.9. The van der Waals surface area contributed by atoms with Gasteiger partial charge in [-0.3, -0.25) is 9.59 Å². The Kier molecular flexibility index (Phi) is 7.38. The van der Waals surface area contributed by atoms with Gasteiger partial charge < -0.3 is 14.0 Å². The second kappa shape index (κ2) is 11.2. The van der Waals surface area contributed by atoms with Gasteiger partial charge in [-0.05, 0) is 44.5 Å². The summed E-state index contributed by atoms with van der Waals surface area (Å²) in [5.74, 6) is -1.25. The maximum Gasteiger partial charge on any atom is 0.307 e. The average molecular weight is 532 g/mol. The largest absolute Gasteiger partial charge is 0.481 e. The molecule has 0 aliphatic heterocycles. The first-order valence-electron chi connectivity index (χ1n) is 12.6. The molecule has 0 aliphatic carbocycles. The molecule has 0 spiro atoms. The molecule has 1 N–H and O–H groups in total. The fourth-order valence-electron chi connectivity index (χ4n) is 4.35. The van der Waals surface area contributed by atoms with Crippen molar-refractivity contribution in [1.82, 2.24) is 10.1 Å². The van der Waals surface area contributed by atoms with E-state index >= 15 is 0 Å². The lowest BCUT2D eigenvalue weighted by Gasteiger charge is -2.12. The van der Waals surface area contributed by atoms with E-state index in [1.807, 2.05) is 62.4 Å². The minimum absolute atomic E-state index is 0.0657. The van der Waals surface area contributed by atoms with E-state index in [1.165, 1.54) is 0 Å². The molecule has 0 saturated carbocycles. The number of furan rings is 1. The topological polar surface area (TPSA) is 111 Å². The number of aromatic nitrogens is 2. The van der Waals surface area contributed by atoms with Crippen molar-refractivity contribution in [3.63, 3.8) is 0 Å². The van der Waals surface area contributed by atoms with Crippen LogP contribution in [0.15, 0.2) is 87.8 Å². The zero-order chi connectivity index (χ0) is 28.2. The van der Waals surface area contributed by atoms with Crippen LogP contribution in [0.5, 0.6) is 0 Å². The summed E-state index contributed by atoms with van der Waals surface area (Å²) in [6.07, 6.45) is -0.174. The summed E-state index contributed by atoms with van der Waals surface area (Å²) >= 11 is 0. The van der Waals surface area contributed by atoms with Gasteiger partial charge in [-0.25, -0.2) is 4.85 Å². The third-order valence-corrected chi connectivity index (χ3v) is 6.63. The number of hydrogen-bond acceptors (Lipinski definition) is 6. The van der Waals surface area contributed by atoms with Gasteiger partial charge in [0, 0.05) is 23.1 Å². The molecule has 0 radical (unpaired) electrons. The quantitative estimate of drug-likeness (QED) is 0.156. The molecule has 8 heteroatoms. The first kappa shape index (κ1) is 26.3. The number of carbonyl (C=O) groups is 2. The van der Waals surface area contributed by atoms with Crippen LogP contribution in [-0.4, -0.2) is 27.0 Å². The SMILES string of the molecule is [C-]#[N+]c1cc(CC(CC(=O)c2ccc(-c3ccc(C)cc3)o2)C(=O)O)ccc1-c1noc(-c2ccc(C)cc2)n1. The Hall–Kier alpha value is -5.29. The first-order chi connectivity index (χ1) is 19.3. The summed E-state index contributed by atoms with van der Waals surface area (Å²) < 4.78 is 11.1. The molecule has 40 heavy (non-hydrogen) atoms. The van der Waals surface area contributed by atoms with Crippen LogP contribution >= 0.6 is 0 Å². The lowest BCUT2D eigenvalue weighted by atomic mass is 9.93. The van der Waals surface area contributed by atoms with E-state index in [4.69, 9.17) is 15.5 Å². The summed E-state index contributed by atoms with van der Waals surface area (Å²) in [4.78, 5) is 33.0. The molecule has 0 saturated heterocycles. The predicted octanol–water partition coefficient (Wildman–Crippen LogP) is 7.35. The molecule has 1 atom stereocenters. The molecular weight excluding hydrogens is 506 g/mol. The monoisotopic (exact) mass is 531 g/mol. The Morgan fingerprint density at radius 1 is 0.925 bits per heavy atom. The number of benzene rings is 3. The summed E-state index contributed by atoms with van der Waals surface area (Å²) in [7, 11) is 0. The van der Waals surface area contributed by atoms with E-state index in [1.54, 1.807) is 30.3 Å². The second-order valence-corrected chi connectivity index (χ2v) is 9.65.